The lowest BCUT2D eigenvalue weighted by Crippen LogP contribution is -2.33. The van der Waals surface area contributed by atoms with Crippen molar-refractivity contribution in [3.8, 4) is 0 Å². The predicted molar refractivity (Wildman–Crippen MR) is 60.3 cm³/mol. The highest BCUT2D eigenvalue weighted by Crippen LogP contribution is 2.22. The molecule has 0 aromatic rings. The molecule has 0 aromatic carbocycles. The molecule has 0 rings (SSSR count). The first-order chi connectivity index (χ1) is 8.05. The Morgan fingerprint density at radius 3 is 2.18 bits per heavy atom. The zero-order valence-electron chi connectivity index (χ0n) is 9.93. The molecular formula is C11H20O6. The fraction of sp³-hybridized carbons (Fsp3) is 0.727. The van der Waals surface area contributed by atoms with Crippen LogP contribution in [0.1, 0.15) is 19.8 Å². The van der Waals surface area contributed by atoms with E-state index < -0.39 is 17.1 Å². The molecule has 0 atom stereocenters. The molecule has 0 aliphatic rings. The molecule has 0 amide bonds. The minimum Gasteiger partial charge on any atom is -0.502 e. The number of ether oxygens (including phenoxy) is 1. The quantitative estimate of drug-likeness (QED) is 0.268. The second kappa shape index (κ2) is 8.05. The lowest BCUT2D eigenvalue weighted by Gasteiger charge is -2.26. The second-order valence-electron chi connectivity index (χ2n) is 3.82. The van der Waals surface area contributed by atoms with Gasteiger partial charge in [0, 0.05) is 5.41 Å². The minimum absolute atomic E-state index is 0.171. The highest BCUT2D eigenvalue weighted by Gasteiger charge is 2.27. The van der Waals surface area contributed by atoms with Crippen LogP contribution in [0.4, 0.5) is 0 Å². The van der Waals surface area contributed by atoms with E-state index in [1.807, 2.05) is 0 Å². The fourth-order valence-corrected chi connectivity index (χ4v) is 1.19. The predicted octanol–water partition coefficient (Wildman–Crippen LogP) is -0.265. The van der Waals surface area contributed by atoms with Crippen molar-refractivity contribution in [3.63, 3.8) is 0 Å². The molecule has 0 spiro atoms. The van der Waals surface area contributed by atoms with Crippen LogP contribution in [0, 0.1) is 5.41 Å². The van der Waals surface area contributed by atoms with Gasteiger partial charge in [0.1, 0.15) is 0 Å². The Morgan fingerprint density at radius 2 is 1.76 bits per heavy atom. The van der Waals surface area contributed by atoms with Gasteiger partial charge < -0.3 is 25.2 Å². The molecular weight excluding hydrogens is 228 g/mol. The summed E-state index contributed by atoms with van der Waals surface area (Å²) in [6, 6.07) is 0. The maximum atomic E-state index is 11.0. The summed E-state index contributed by atoms with van der Waals surface area (Å²) in [5, 5.41) is 36.4. The Balaban J connectivity index is 4.28. The third-order valence-corrected chi connectivity index (χ3v) is 2.50. The first-order valence-corrected chi connectivity index (χ1v) is 5.44. The van der Waals surface area contributed by atoms with Crippen LogP contribution in [0.3, 0.4) is 0 Å². The standard InChI is InChI=1S/C11H20O6/c1-2-17-10(16)9(15)4-3-5-11(6-12,7-13)8-14/h4,12-15H,2-3,5-8H2,1H3. The number of allylic oxidation sites excluding steroid dienone is 1. The SMILES string of the molecule is CCOC(=O)C(O)=CCCC(CO)(CO)CO. The minimum atomic E-state index is -0.995. The van der Waals surface area contributed by atoms with Crippen LogP contribution < -0.4 is 0 Å². The van der Waals surface area contributed by atoms with Crippen molar-refractivity contribution in [1.29, 1.82) is 0 Å². The van der Waals surface area contributed by atoms with Gasteiger partial charge >= 0.3 is 5.97 Å². The summed E-state index contributed by atoms with van der Waals surface area (Å²) in [5.74, 6) is -1.32. The topological polar surface area (TPSA) is 107 Å². The molecule has 6 heteroatoms. The van der Waals surface area contributed by atoms with Gasteiger partial charge in [-0.1, -0.05) is 0 Å². The van der Waals surface area contributed by atoms with E-state index in [2.05, 4.69) is 4.74 Å². The Kier molecular flexibility index (Phi) is 7.53. The van der Waals surface area contributed by atoms with Crippen LogP contribution in [0.25, 0.3) is 0 Å². The molecule has 0 fully saturated rings. The molecule has 0 saturated heterocycles. The lowest BCUT2D eigenvalue weighted by molar-refractivity contribution is -0.141. The van der Waals surface area contributed by atoms with E-state index >= 15 is 0 Å². The van der Waals surface area contributed by atoms with Gasteiger partial charge in [-0.25, -0.2) is 4.79 Å². The summed E-state index contributed by atoms with van der Waals surface area (Å²) in [5.41, 5.74) is -0.995. The summed E-state index contributed by atoms with van der Waals surface area (Å²) >= 11 is 0. The largest absolute Gasteiger partial charge is 0.502 e. The van der Waals surface area contributed by atoms with Crippen molar-refractivity contribution < 1.29 is 30.0 Å². The monoisotopic (exact) mass is 248 g/mol. The van der Waals surface area contributed by atoms with Crippen molar-refractivity contribution in [1.82, 2.24) is 0 Å². The molecule has 0 aliphatic carbocycles. The number of hydrogen-bond acceptors (Lipinski definition) is 6. The molecule has 0 radical (unpaired) electrons. The smallest absolute Gasteiger partial charge is 0.373 e. The van der Waals surface area contributed by atoms with Gasteiger partial charge in [0.2, 0.25) is 0 Å². The third-order valence-electron chi connectivity index (χ3n) is 2.50. The van der Waals surface area contributed by atoms with E-state index in [0.29, 0.717) is 0 Å². The van der Waals surface area contributed by atoms with E-state index in [0.717, 1.165) is 0 Å². The van der Waals surface area contributed by atoms with Crippen LogP contribution in [0.15, 0.2) is 11.8 Å². The van der Waals surface area contributed by atoms with Gasteiger partial charge in [0.15, 0.2) is 5.76 Å². The van der Waals surface area contributed by atoms with E-state index in [9.17, 15) is 9.90 Å². The molecule has 100 valence electrons. The first-order valence-electron chi connectivity index (χ1n) is 5.44. The zero-order valence-corrected chi connectivity index (χ0v) is 9.93. The van der Waals surface area contributed by atoms with E-state index in [-0.39, 0.29) is 39.3 Å². The van der Waals surface area contributed by atoms with Crippen LogP contribution in [-0.4, -0.2) is 52.8 Å². The van der Waals surface area contributed by atoms with E-state index in [1.54, 1.807) is 6.92 Å². The maximum Gasteiger partial charge on any atom is 0.373 e. The number of hydrogen-bond donors (Lipinski definition) is 4. The highest BCUT2D eigenvalue weighted by molar-refractivity contribution is 5.85. The molecule has 6 nitrogen and oxygen atoms in total. The van der Waals surface area contributed by atoms with Crippen LogP contribution in [-0.2, 0) is 9.53 Å². The van der Waals surface area contributed by atoms with Gasteiger partial charge in [-0.2, -0.15) is 0 Å². The average Bonchev–Trinajstić information content (AvgIpc) is 2.35. The molecule has 0 aliphatic heterocycles. The molecule has 0 unspecified atom stereocenters. The zero-order chi connectivity index (χ0) is 13.3. The first kappa shape index (κ1) is 15.9. The van der Waals surface area contributed by atoms with Crippen LogP contribution in [0.2, 0.25) is 0 Å². The fourth-order valence-electron chi connectivity index (χ4n) is 1.19. The van der Waals surface area contributed by atoms with Crippen molar-refractivity contribution in [2.24, 2.45) is 5.41 Å². The number of carbonyl (C=O) groups is 1. The molecule has 0 bridgehead atoms. The van der Waals surface area contributed by atoms with Gasteiger partial charge in [-0.05, 0) is 25.8 Å². The van der Waals surface area contributed by atoms with Crippen LogP contribution in [0.5, 0.6) is 0 Å². The van der Waals surface area contributed by atoms with Crippen molar-refractivity contribution in [3.05, 3.63) is 11.8 Å². The molecule has 0 saturated carbocycles. The van der Waals surface area contributed by atoms with Crippen molar-refractivity contribution in [2.45, 2.75) is 19.8 Å². The molecule has 17 heavy (non-hydrogen) atoms. The van der Waals surface area contributed by atoms with Crippen molar-refractivity contribution in [2.75, 3.05) is 26.4 Å². The summed E-state index contributed by atoms with van der Waals surface area (Å²) in [4.78, 5) is 11.0. The summed E-state index contributed by atoms with van der Waals surface area (Å²) in [7, 11) is 0. The summed E-state index contributed by atoms with van der Waals surface area (Å²) < 4.78 is 4.56. The molecule has 0 heterocycles. The highest BCUT2D eigenvalue weighted by atomic mass is 16.5. The van der Waals surface area contributed by atoms with Gasteiger partial charge in [-0.15, -0.1) is 0 Å². The number of esters is 1. The van der Waals surface area contributed by atoms with Gasteiger partial charge in [0.25, 0.3) is 0 Å². The second-order valence-corrected chi connectivity index (χ2v) is 3.82. The normalized spacial score (nSPS) is 12.6. The van der Waals surface area contributed by atoms with Crippen molar-refractivity contribution >= 4 is 5.97 Å². The number of aliphatic hydroxyl groups is 4. The number of aliphatic hydroxyl groups excluding tert-OH is 4. The maximum absolute atomic E-state index is 11.0. The van der Waals surface area contributed by atoms with Gasteiger partial charge in [0.05, 0.1) is 26.4 Å². The number of carbonyl (C=O) groups excluding carboxylic acids is 1. The molecule has 4 N–H and O–H groups in total. The Morgan fingerprint density at radius 1 is 1.24 bits per heavy atom. The van der Waals surface area contributed by atoms with Crippen LogP contribution >= 0.6 is 0 Å². The Labute approximate surface area is 100 Å². The summed E-state index contributed by atoms with van der Waals surface area (Å²) in [6.45, 7) is 0.695. The number of rotatable bonds is 8. The van der Waals surface area contributed by atoms with Gasteiger partial charge in [-0.3, -0.25) is 0 Å². The lowest BCUT2D eigenvalue weighted by atomic mass is 9.86. The average molecular weight is 248 g/mol. The Bertz CT molecular complexity index is 248. The summed E-state index contributed by atoms with van der Waals surface area (Å²) in [6.07, 6.45) is 1.74. The Hall–Kier alpha value is -1.11. The van der Waals surface area contributed by atoms with E-state index in [4.69, 9.17) is 15.3 Å². The third kappa shape index (κ3) is 5.16. The molecule has 0 aromatic heterocycles. The van der Waals surface area contributed by atoms with E-state index in [1.165, 1.54) is 6.08 Å².